The van der Waals surface area contributed by atoms with E-state index in [1.807, 2.05) is 37.3 Å². The van der Waals surface area contributed by atoms with Crippen LogP contribution < -0.4 is 4.74 Å². The van der Waals surface area contributed by atoms with Crippen molar-refractivity contribution in [1.82, 2.24) is 4.98 Å². The number of nitrogens with zero attached hydrogens (tertiary/aromatic N) is 2. The summed E-state index contributed by atoms with van der Waals surface area (Å²) in [5, 5.41) is 8.76. The summed E-state index contributed by atoms with van der Waals surface area (Å²) in [4.78, 5) is 3.92. The molecular formula is C14H11BrN2O. The van der Waals surface area contributed by atoms with E-state index >= 15 is 0 Å². The molecule has 0 atom stereocenters. The summed E-state index contributed by atoms with van der Waals surface area (Å²) < 4.78 is 6.75. The highest BCUT2D eigenvalue weighted by molar-refractivity contribution is 9.10. The van der Waals surface area contributed by atoms with Crippen LogP contribution in [0.3, 0.4) is 0 Å². The monoisotopic (exact) mass is 302 g/mol. The SMILES string of the molecule is Cc1cc(Br)ccc1OCc1ccnc(C#N)c1. The minimum absolute atomic E-state index is 0.406. The summed E-state index contributed by atoms with van der Waals surface area (Å²) in [6.07, 6.45) is 1.62. The van der Waals surface area contributed by atoms with E-state index in [2.05, 4.69) is 20.9 Å². The van der Waals surface area contributed by atoms with Crippen molar-refractivity contribution in [2.75, 3.05) is 0 Å². The zero-order valence-corrected chi connectivity index (χ0v) is 11.4. The van der Waals surface area contributed by atoms with Gasteiger partial charge in [-0.25, -0.2) is 4.98 Å². The van der Waals surface area contributed by atoms with Gasteiger partial charge in [0.2, 0.25) is 0 Å². The Labute approximate surface area is 114 Å². The smallest absolute Gasteiger partial charge is 0.140 e. The highest BCUT2D eigenvalue weighted by Gasteiger charge is 2.02. The van der Waals surface area contributed by atoms with Crippen molar-refractivity contribution < 1.29 is 4.74 Å². The first-order valence-electron chi connectivity index (χ1n) is 5.43. The zero-order chi connectivity index (χ0) is 13.0. The Balaban J connectivity index is 2.09. The number of benzene rings is 1. The molecule has 2 aromatic rings. The Kier molecular flexibility index (Phi) is 3.96. The van der Waals surface area contributed by atoms with Crippen LogP contribution >= 0.6 is 15.9 Å². The van der Waals surface area contributed by atoms with Gasteiger partial charge in [-0.15, -0.1) is 0 Å². The Morgan fingerprint density at radius 2 is 2.17 bits per heavy atom. The highest BCUT2D eigenvalue weighted by Crippen LogP contribution is 2.23. The predicted molar refractivity (Wildman–Crippen MR) is 72.2 cm³/mol. The lowest BCUT2D eigenvalue weighted by Gasteiger charge is -2.09. The third kappa shape index (κ3) is 3.08. The van der Waals surface area contributed by atoms with E-state index < -0.39 is 0 Å². The summed E-state index contributed by atoms with van der Waals surface area (Å²) in [6, 6.07) is 11.4. The number of hydrogen-bond donors (Lipinski definition) is 0. The van der Waals surface area contributed by atoms with Gasteiger partial charge in [0.15, 0.2) is 0 Å². The molecular weight excluding hydrogens is 292 g/mol. The molecule has 4 heteroatoms. The fraction of sp³-hybridized carbons (Fsp3) is 0.143. The first-order chi connectivity index (χ1) is 8.69. The largest absolute Gasteiger partial charge is 0.489 e. The molecule has 0 aliphatic heterocycles. The maximum absolute atomic E-state index is 8.76. The molecule has 0 aliphatic rings. The maximum atomic E-state index is 8.76. The highest BCUT2D eigenvalue weighted by atomic mass is 79.9. The minimum Gasteiger partial charge on any atom is -0.489 e. The summed E-state index contributed by atoms with van der Waals surface area (Å²) in [5.41, 5.74) is 2.41. The van der Waals surface area contributed by atoms with Crippen LogP contribution in [0.5, 0.6) is 5.75 Å². The second-order valence-corrected chi connectivity index (χ2v) is 4.78. The Morgan fingerprint density at radius 1 is 1.33 bits per heavy atom. The fourth-order valence-electron chi connectivity index (χ4n) is 1.56. The van der Waals surface area contributed by atoms with E-state index in [9.17, 15) is 0 Å². The van der Waals surface area contributed by atoms with Crippen molar-refractivity contribution in [2.45, 2.75) is 13.5 Å². The van der Waals surface area contributed by atoms with Crippen molar-refractivity contribution in [1.29, 1.82) is 5.26 Å². The van der Waals surface area contributed by atoms with Crippen molar-refractivity contribution in [3.05, 3.63) is 57.8 Å². The lowest BCUT2D eigenvalue weighted by atomic mass is 10.2. The molecule has 1 aromatic heterocycles. The van der Waals surface area contributed by atoms with Gasteiger partial charge in [0.1, 0.15) is 24.1 Å². The summed E-state index contributed by atoms with van der Waals surface area (Å²) in [7, 11) is 0. The normalized spacial score (nSPS) is 9.83. The molecule has 3 nitrogen and oxygen atoms in total. The molecule has 2 rings (SSSR count). The molecule has 0 spiro atoms. The summed E-state index contributed by atoms with van der Waals surface area (Å²) >= 11 is 3.41. The van der Waals surface area contributed by atoms with Crippen molar-refractivity contribution in [3.8, 4) is 11.8 Å². The summed E-state index contributed by atoms with van der Waals surface area (Å²) in [6.45, 7) is 2.42. The Hall–Kier alpha value is -1.86. The fourth-order valence-corrected chi connectivity index (χ4v) is 2.04. The van der Waals surface area contributed by atoms with Gasteiger partial charge in [0.25, 0.3) is 0 Å². The number of rotatable bonds is 3. The molecule has 90 valence electrons. The number of aromatic nitrogens is 1. The van der Waals surface area contributed by atoms with E-state index in [0.717, 1.165) is 21.3 Å². The Morgan fingerprint density at radius 3 is 2.89 bits per heavy atom. The van der Waals surface area contributed by atoms with Crippen LogP contribution in [-0.4, -0.2) is 4.98 Å². The second kappa shape index (κ2) is 5.65. The van der Waals surface area contributed by atoms with Gasteiger partial charge in [-0.2, -0.15) is 5.26 Å². The number of nitriles is 1. The van der Waals surface area contributed by atoms with Crippen LogP contribution in [0, 0.1) is 18.3 Å². The topological polar surface area (TPSA) is 45.9 Å². The van der Waals surface area contributed by atoms with Crippen molar-refractivity contribution in [3.63, 3.8) is 0 Å². The van der Waals surface area contributed by atoms with Gasteiger partial charge in [-0.1, -0.05) is 15.9 Å². The lowest BCUT2D eigenvalue weighted by Crippen LogP contribution is -1.98. The second-order valence-electron chi connectivity index (χ2n) is 3.86. The molecule has 0 unspecified atom stereocenters. The molecule has 0 saturated heterocycles. The van der Waals surface area contributed by atoms with Gasteiger partial charge in [-0.3, -0.25) is 0 Å². The van der Waals surface area contributed by atoms with Gasteiger partial charge in [-0.05, 0) is 48.4 Å². The van der Waals surface area contributed by atoms with E-state index in [1.165, 1.54) is 0 Å². The molecule has 1 aromatic carbocycles. The van der Waals surface area contributed by atoms with E-state index in [0.29, 0.717) is 12.3 Å². The number of halogens is 1. The van der Waals surface area contributed by atoms with Crippen molar-refractivity contribution in [2.24, 2.45) is 0 Å². The average Bonchev–Trinajstić information content (AvgIpc) is 2.38. The number of pyridine rings is 1. The van der Waals surface area contributed by atoms with Crippen LogP contribution in [0.2, 0.25) is 0 Å². The quantitative estimate of drug-likeness (QED) is 0.870. The van der Waals surface area contributed by atoms with Crippen LogP contribution in [0.4, 0.5) is 0 Å². The van der Waals surface area contributed by atoms with E-state index in [4.69, 9.17) is 10.00 Å². The van der Waals surface area contributed by atoms with Gasteiger partial charge in [0, 0.05) is 10.7 Å². The number of aryl methyl sites for hydroxylation is 1. The maximum Gasteiger partial charge on any atom is 0.140 e. The van der Waals surface area contributed by atoms with E-state index in [1.54, 1.807) is 12.3 Å². The third-order valence-electron chi connectivity index (χ3n) is 2.47. The minimum atomic E-state index is 0.406. The van der Waals surface area contributed by atoms with Crippen LogP contribution in [-0.2, 0) is 6.61 Å². The molecule has 0 bridgehead atoms. The molecule has 18 heavy (non-hydrogen) atoms. The predicted octanol–water partition coefficient (Wildman–Crippen LogP) is 3.60. The third-order valence-corrected chi connectivity index (χ3v) is 2.96. The van der Waals surface area contributed by atoms with Crippen LogP contribution in [0.15, 0.2) is 41.0 Å². The molecule has 1 heterocycles. The van der Waals surface area contributed by atoms with Gasteiger partial charge < -0.3 is 4.74 Å². The molecule has 0 N–H and O–H groups in total. The summed E-state index contributed by atoms with van der Waals surface area (Å²) in [5.74, 6) is 0.841. The van der Waals surface area contributed by atoms with Gasteiger partial charge in [0.05, 0.1) is 0 Å². The Bertz CT molecular complexity index is 605. The van der Waals surface area contributed by atoms with Gasteiger partial charge >= 0.3 is 0 Å². The average molecular weight is 303 g/mol. The lowest BCUT2D eigenvalue weighted by molar-refractivity contribution is 0.304. The number of hydrogen-bond acceptors (Lipinski definition) is 3. The first kappa shape index (κ1) is 12.6. The number of ether oxygens (including phenoxy) is 1. The molecule has 0 fully saturated rings. The first-order valence-corrected chi connectivity index (χ1v) is 6.22. The molecule has 0 aliphatic carbocycles. The van der Waals surface area contributed by atoms with Crippen LogP contribution in [0.25, 0.3) is 0 Å². The van der Waals surface area contributed by atoms with Crippen molar-refractivity contribution >= 4 is 15.9 Å². The standard InChI is InChI=1S/C14H11BrN2O/c1-10-6-12(15)2-3-14(10)18-9-11-4-5-17-13(7-11)8-16/h2-7H,9H2,1H3. The zero-order valence-electron chi connectivity index (χ0n) is 9.85. The van der Waals surface area contributed by atoms with E-state index in [-0.39, 0.29) is 0 Å². The molecule has 0 amide bonds. The molecule has 0 radical (unpaired) electrons. The van der Waals surface area contributed by atoms with Crippen LogP contribution in [0.1, 0.15) is 16.8 Å². The molecule has 0 saturated carbocycles.